The first-order valence-corrected chi connectivity index (χ1v) is 18.9. The minimum atomic E-state index is -4.67. The Labute approximate surface area is 334 Å². The smallest absolute Gasteiger partial charge is 0.434 e. The summed E-state index contributed by atoms with van der Waals surface area (Å²) in [4.78, 5) is 6.97. The van der Waals surface area contributed by atoms with Crippen LogP contribution in [0, 0.1) is 3.57 Å². The standard InChI is InChI=1S/C36H45F3IN7O9/c37-36(38,39)32-18-42-19-33(44-32)43-29-22-55-31(35(49)34(29)48)23-53-16-15-52-14-13-51-12-11-50-10-9-47-20-25(45-46-47)21-54-26-2-4-27(5-3-26)56-30-6-1-24(7-8-41)17-28(30)40/h1-6,17-20,29,31,34-35,48-49H,7-16,21-23,41H2,(H,43,44)/t29-,31+,34+,35-/m0/s1. The lowest BCUT2D eigenvalue weighted by Gasteiger charge is -2.38. The first-order chi connectivity index (χ1) is 27.1. The van der Waals surface area contributed by atoms with Gasteiger partial charge in [0.15, 0.2) is 5.69 Å². The van der Waals surface area contributed by atoms with Crippen molar-refractivity contribution in [2.75, 3.05) is 71.3 Å². The van der Waals surface area contributed by atoms with Crippen molar-refractivity contribution in [2.45, 2.75) is 50.1 Å². The molecule has 0 bridgehead atoms. The van der Waals surface area contributed by atoms with Gasteiger partial charge in [0.25, 0.3) is 0 Å². The van der Waals surface area contributed by atoms with E-state index in [2.05, 4.69) is 54.3 Å². The molecule has 3 heterocycles. The molecule has 0 unspecified atom stereocenters. The van der Waals surface area contributed by atoms with E-state index < -0.39 is 36.2 Å². The quantitative estimate of drug-likeness (QED) is 0.0625. The maximum atomic E-state index is 12.9. The van der Waals surface area contributed by atoms with Gasteiger partial charge in [0.2, 0.25) is 0 Å². The fourth-order valence-corrected chi connectivity index (χ4v) is 5.98. The van der Waals surface area contributed by atoms with Gasteiger partial charge < -0.3 is 54.4 Å². The van der Waals surface area contributed by atoms with Crippen molar-refractivity contribution >= 4 is 28.4 Å². The first-order valence-electron chi connectivity index (χ1n) is 17.8. The van der Waals surface area contributed by atoms with Crippen LogP contribution in [0.2, 0.25) is 0 Å². The average molecular weight is 904 g/mol. The van der Waals surface area contributed by atoms with Gasteiger partial charge in [-0.25, -0.2) is 9.67 Å². The normalized spacial score (nSPS) is 18.6. The molecule has 4 atom stereocenters. The van der Waals surface area contributed by atoms with Crippen molar-refractivity contribution in [3.8, 4) is 17.2 Å². The van der Waals surface area contributed by atoms with E-state index in [1.165, 1.54) is 5.56 Å². The van der Waals surface area contributed by atoms with E-state index in [0.29, 0.717) is 69.5 Å². The van der Waals surface area contributed by atoms with Gasteiger partial charge in [0, 0.05) is 0 Å². The molecule has 20 heteroatoms. The van der Waals surface area contributed by atoms with Crippen LogP contribution < -0.4 is 20.5 Å². The van der Waals surface area contributed by atoms with E-state index in [0.717, 1.165) is 21.9 Å². The van der Waals surface area contributed by atoms with Gasteiger partial charge in [-0.15, -0.1) is 5.10 Å². The molecule has 0 spiro atoms. The fraction of sp³-hybridized carbons (Fsp3) is 0.500. The number of rotatable bonds is 23. The number of hydrogen-bond donors (Lipinski definition) is 4. The number of nitrogens with one attached hydrogen (secondary N) is 1. The summed E-state index contributed by atoms with van der Waals surface area (Å²) in [6.45, 7) is 3.63. The Morgan fingerprint density at radius 1 is 0.911 bits per heavy atom. The molecule has 16 nitrogen and oxygen atoms in total. The molecule has 2 aromatic heterocycles. The second-order valence-electron chi connectivity index (χ2n) is 12.4. The minimum Gasteiger partial charge on any atom is -0.487 e. The van der Waals surface area contributed by atoms with Crippen LogP contribution in [0.4, 0.5) is 19.0 Å². The molecule has 306 valence electrons. The Bertz CT molecular complexity index is 1760. The van der Waals surface area contributed by atoms with Crippen LogP contribution in [0.5, 0.6) is 17.2 Å². The predicted octanol–water partition coefficient (Wildman–Crippen LogP) is 3.23. The number of anilines is 1. The van der Waals surface area contributed by atoms with Crippen LogP contribution in [0.25, 0.3) is 0 Å². The van der Waals surface area contributed by atoms with Gasteiger partial charge in [-0.05, 0) is 77.5 Å². The summed E-state index contributed by atoms with van der Waals surface area (Å²) in [5, 5.41) is 31.8. The molecule has 2 aromatic carbocycles. The second-order valence-corrected chi connectivity index (χ2v) is 13.6. The van der Waals surface area contributed by atoms with Crippen LogP contribution >= 0.6 is 22.6 Å². The number of hydrogen-bond acceptors (Lipinski definition) is 15. The Morgan fingerprint density at radius 3 is 2.30 bits per heavy atom. The number of aromatic nitrogens is 5. The fourth-order valence-electron chi connectivity index (χ4n) is 5.29. The number of ether oxygens (including phenoxy) is 7. The summed E-state index contributed by atoms with van der Waals surface area (Å²) in [6.07, 6.45) is -3.88. The summed E-state index contributed by atoms with van der Waals surface area (Å²) in [5.74, 6) is 1.96. The lowest BCUT2D eigenvalue weighted by atomic mass is 9.98. The van der Waals surface area contributed by atoms with E-state index >= 15 is 0 Å². The zero-order valence-electron chi connectivity index (χ0n) is 30.4. The molecule has 1 saturated heterocycles. The highest BCUT2D eigenvalue weighted by molar-refractivity contribution is 14.1. The summed E-state index contributed by atoms with van der Waals surface area (Å²) >= 11 is 2.26. The predicted molar refractivity (Wildman–Crippen MR) is 202 cm³/mol. The van der Waals surface area contributed by atoms with Crippen LogP contribution in [0.15, 0.2) is 61.1 Å². The summed E-state index contributed by atoms with van der Waals surface area (Å²) in [6, 6.07) is 12.5. The molecule has 5 rings (SSSR count). The molecule has 0 aliphatic carbocycles. The lowest BCUT2D eigenvalue weighted by molar-refractivity contribution is -0.161. The molecule has 56 heavy (non-hydrogen) atoms. The second kappa shape index (κ2) is 22.3. The lowest BCUT2D eigenvalue weighted by Crippen LogP contribution is -2.57. The molecule has 1 aliphatic rings. The topological polar surface area (TPSA) is 200 Å². The molecule has 1 aliphatic heterocycles. The van der Waals surface area contributed by atoms with Crippen molar-refractivity contribution in [3.63, 3.8) is 0 Å². The number of nitrogens with two attached hydrogens (primary N) is 1. The SMILES string of the molecule is NCCc1ccc(Oc2ccc(OCc3cn(CCOCCOCCOCCOC[C@H]4OC[C@H](Nc5cncc(C(F)(F)F)n5)[C@@H](O)[C@H]4O)nn3)cc2)c(I)c1. The molecule has 0 saturated carbocycles. The van der Waals surface area contributed by atoms with E-state index in [-0.39, 0.29) is 38.9 Å². The highest BCUT2D eigenvalue weighted by Gasteiger charge is 2.39. The largest absolute Gasteiger partial charge is 0.487 e. The Balaban J connectivity index is 0.841. The molecule has 1 fully saturated rings. The van der Waals surface area contributed by atoms with Crippen molar-refractivity contribution in [3.05, 3.63) is 81.6 Å². The highest BCUT2D eigenvalue weighted by atomic mass is 127. The monoisotopic (exact) mass is 903 g/mol. The van der Waals surface area contributed by atoms with Crippen LogP contribution in [0.1, 0.15) is 17.0 Å². The summed E-state index contributed by atoms with van der Waals surface area (Å²) in [7, 11) is 0. The zero-order valence-corrected chi connectivity index (χ0v) is 32.5. The first kappa shape index (κ1) is 43.4. The molecule has 5 N–H and O–H groups in total. The maximum Gasteiger partial charge on any atom is 0.434 e. The zero-order chi connectivity index (χ0) is 39.8. The van der Waals surface area contributed by atoms with Crippen molar-refractivity contribution in [1.82, 2.24) is 25.0 Å². The number of halogens is 4. The third-order valence-electron chi connectivity index (χ3n) is 8.21. The van der Waals surface area contributed by atoms with Gasteiger partial charge >= 0.3 is 6.18 Å². The average Bonchev–Trinajstić information content (AvgIpc) is 3.64. The Hall–Kier alpha value is -3.74. The molecular weight excluding hydrogens is 858 g/mol. The van der Waals surface area contributed by atoms with Crippen LogP contribution in [-0.2, 0) is 49.4 Å². The van der Waals surface area contributed by atoms with Crippen molar-refractivity contribution in [2.24, 2.45) is 5.73 Å². The number of alkyl halides is 3. The van der Waals surface area contributed by atoms with E-state index in [4.69, 9.17) is 38.9 Å². The number of aliphatic hydroxyl groups is 2. The van der Waals surface area contributed by atoms with Gasteiger partial charge in [-0.1, -0.05) is 11.3 Å². The molecular formula is C36H45F3IN7O9. The van der Waals surface area contributed by atoms with Crippen LogP contribution in [-0.4, -0.2) is 126 Å². The summed E-state index contributed by atoms with van der Waals surface area (Å²) < 4.78 is 80.9. The Kier molecular flexibility index (Phi) is 17.2. The van der Waals surface area contributed by atoms with Gasteiger partial charge in [-0.2, -0.15) is 13.2 Å². The van der Waals surface area contributed by atoms with Crippen molar-refractivity contribution in [1.29, 1.82) is 0 Å². The third-order valence-corrected chi connectivity index (χ3v) is 9.05. The van der Waals surface area contributed by atoms with E-state index in [1.807, 2.05) is 36.4 Å². The van der Waals surface area contributed by atoms with Crippen molar-refractivity contribution < 1.29 is 56.5 Å². The Morgan fingerprint density at radius 2 is 1.61 bits per heavy atom. The van der Waals surface area contributed by atoms with E-state index in [1.54, 1.807) is 10.9 Å². The summed E-state index contributed by atoms with van der Waals surface area (Å²) in [5.41, 5.74) is 6.33. The minimum absolute atomic E-state index is 0.0209. The number of nitrogens with zero attached hydrogens (tertiary/aromatic N) is 5. The van der Waals surface area contributed by atoms with Crippen LogP contribution in [0.3, 0.4) is 0 Å². The van der Waals surface area contributed by atoms with E-state index in [9.17, 15) is 23.4 Å². The molecule has 0 radical (unpaired) electrons. The van der Waals surface area contributed by atoms with Gasteiger partial charge in [0.1, 0.15) is 53.7 Å². The number of benzene rings is 2. The van der Waals surface area contributed by atoms with Gasteiger partial charge in [0.05, 0.1) is 94.2 Å². The highest BCUT2D eigenvalue weighted by Crippen LogP contribution is 2.30. The van der Waals surface area contributed by atoms with Gasteiger partial charge in [-0.3, -0.25) is 4.98 Å². The maximum absolute atomic E-state index is 12.9. The third kappa shape index (κ3) is 14.0. The molecule has 0 amide bonds. The number of aliphatic hydroxyl groups excluding tert-OH is 2. The molecule has 4 aromatic rings.